The molecule has 0 fully saturated rings. The van der Waals surface area contributed by atoms with Crippen molar-refractivity contribution in [1.29, 1.82) is 0 Å². The largest absolute Gasteiger partial charge is 0.309 e. The highest BCUT2D eigenvalue weighted by Gasteiger charge is 2.20. The maximum absolute atomic E-state index is 5.12. The molecule has 7 heteroatoms. The summed E-state index contributed by atoms with van der Waals surface area (Å²) >= 11 is 0. The van der Waals surface area contributed by atoms with E-state index in [1.165, 1.54) is 21.5 Å². The van der Waals surface area contributed by atoms with E-state index in [9.17, 15) is 0 Å². The van der Waals surface area contributed by atoms with Gasteiger partial charge in [-0.05, 0) is 102 Å². The molecule has 7 nitrogen and oxygen atoms in total. The second-order valence-electron chi connectivity index (χ2n) is 17.5. The predicted octanol–water partition coefficient (Wildman–Crippen LogP) is 15.2. The number of para-hydroxylation sites is 3. The summed E-state index contributed by atoms with van der Waals surface area (Å²) < 4.78 is 7.07. The number of rotatable bonds is 7. The maximum Gasteiger partial charge on any atom is 0.160 e. The van der Waals surface area contributed by atoms with Crippen LogP contribution in [0.5, 0.6) is 0 Å². The number of pyridine rings is 2. The first-order valence-electron chi connectivity index (χ1n) is 23.2. The number of nitrogens with zero attached hydrogens (tertiary/aromatic N) is 7. The van der Waals surface area contributed by atoms with Gasteiger partial charge in [-0.15, -0.1) is 0 Å². The highest BCUT2D eigenvalue weighted by molar-refractivity contribution is 6.13. The molecule has 0 atom stereocenters. The Balaban J connectivity index is 0.905. The van der Waals surface area contributed by atoms with Gasteiger partial charge in [0.2, 0.25) is 0 Å². The molecule has 14 aromatic rings. The van der Waals surface area contributed by atoms with Crippen LogP contribution in [-0.4, -0.2) is 33.6 Å². The van der Waals surface area contributed by atoms with Crippen LogP contribution in [0.2, 0.25) is 0 Å². The van der Waals surface area contributed by atoms with Crippen LogP contribution >= 0.6 is 0 Å². The minimum atomic E-state index is 0.659. The first kappa shape index (κ1) is 38.8. The van der Waals surface area contributed by atoms with Crippen LogP contribution in [-0.2, 0) is 0 Å². The molecule has 0 bridgehead atoms. The molecule has 0 aliphatic rings. The monoisotopic (exact) mass is 881 g/mol. The molecule has 0 amide bonds. The van der Waals surface area contributed by atoms with Gasteiger partial charge in [0.15, 0.2) is 5.82 Å². The zero-order valence-corrected chi connectivity index (χ0v) is 37.1. The van der Waals surface area contributed by atoms with E-state index >= 15 is 0 Å². The summed E-state index contributed by atoms with van der Waals surface area (Å²) in [5, 5.41) is 5.89. The first-order chi connectivity index (χ1) is 34.2. The van der Waals surface area contributed by atoms with Crippen molar-refractivity contribution in [2.24, 2.45) is 0 Å². The summed E-state index contributed by atoms with van der Waals surface area (Å²) in [4.78, 5) is 20.0. The summed E-state index contributed by atoms with van der Waals surface area (Å²) in [6.07, 6.45) is 3.78. The predicted molar refractivity (Wildman–Crippen MR) is 282 cm³/mol. The zero-order valence-electron chi connectivity index (χ0n) is 37.1. The van der Waals surface area contributed by atoms with E-state index < -0.39 is 0 Å². The SMILES string of the molecule is c1ccc(-c2cc(-c3cc(-n4c5ccccc5c5ccc(-c6ccc7c(c6)c6ccccc6n7-c6ccc7c(c6)c6ncccc6n7-c6ccccc6)cc54)ccn3)nc(-c3ccccc3)n2)cc1. The lowest BCUT2D eigenvalue weighted by Crippen LogP contribution is -1.99. The molecule has 6 heterocycles. The van der Waals surface area contributed by atoms with Gasteiger partial charge in [-0.3, -0.25) is 9.97 Å². The Morgan fingerprint density at radius 3 is 1.62 bits per heavy atom. The van der Waals surface area contributed by atoms with Crippen LogP contribution in [0.1, 0.15) is 0 Å². The Labute approximate surface area is 396 Å². The summed E-state index contributed by atoms with van der Waals surface area (Å²) in [5.41, 5.74) is 17.6. The van der Waals surface area contributed by atoms with Crippen molar-refractivity contribution in [3.05, 3.63) is 237 Å². The average Bonchev–Trinajstić information content (AvgIpc) is 4.06. The van der Waals surface area contributed by atoms with Crippen LogP contribution < -0.4 is 0 Å². The summed E-state index contributed by atoms with van der Waals surface area (Å²) in [7, 11) is 0. The van der Waals surface area contributed by atoms with Gasteiger partial charge in [0, 0.05) is 67.5 Å². The summed E-state index contributed by atoms with van der Waals surface area (Å²) in [6.45, 7) is 0. The lowest BCUT2D eigenvalue weighted by molar-refractivity contribution is 1.13. The van der Waals surface area contributed by atoms with Gasteiger partial charge in [0.05, 0.1) is 55.7 Å². The van der Waals surface area contributed by atoms with E-state index in [0.717, 1.165) is 100 Å². The second-order valence-corrected chi connectivity index (χ2v) is 17.5. The van der Waals surface area contributed by atoms with Crippen molar-refractivity contribution >= 4 is 65.5 Å². The average molecular weight is 882 g/mol. The van der Waals surface area contributed by atoms with Crippen LogP contribution in [0.25, 0.3) is 128 Å². The summed E-state index contributed by atoms with van der Waals surface area (Å²) in [6, 6.07) is 79.4. The molecule has 322 valence electrons. The molecule has 0 aliphatic carbocycles. The Hall–Kier alpha value is -9.46. The molecule has 0 spiro atoms. The molecular formula is C62H39N7. The van der Waals surface area contributed by atoms with Gasteiger partial charge in [-0.25, -0.2) is 9.97 Å². The summed E-state index contributed by atoms with van der Waals surface area (Å²) in [5.74, 6) is 0.659. The highest BCUT2D eigenvalue weighted by Crippen LogP contribution is 2.40. The normalized spacial score (nSPS) is 11.8. The fraction of sp³-hybridized carbons (Fsp3) is 0. The van der Waals surface area contributed by atoms with Gasteiger partial charge in [0.1, 0.15) is 0 Å². The van der Waals surface area contributed by atoms with E-state index in [0.29, 0.717) is 5.82 Å². The zero-order chi connectivity index (χ0) is 45.4. The van der Waals surface area contributed by atoms with Gasteiger partial charge in [-0.1, -0.05) is 133 Å². The molecule has 0 saturated heterocycles. The molecule has 69 heavy (non-hydrogen) atoms. The third-order valence-corrected chi connectivity index (χ3v) is 13.5. The maximum atomic E-state index is 5.12. The van der Waals surface area contributed by atoms with E-state index in [-0.39, 0.29) is 0 Å². The first-order valence-corrected chi connectivity index (χ1v) is 23.2. The Kier molecular flexibility index (Phi) is 8.75. The molecule has 8 aromatic carbocycles. The van der Waals surface area contributed by atoms with Gasteiger partial charge < -0.3 is 13.7 Å². The van der Waals surface area contributed by atoms with Crippen LogP contribution in [0.4, 0.5) is 0 Å². The molecule has 0 unspecified atom stereocenters. The molecule has 0 N–H and O–H groups in total. The molecule has 6 aromatic heterocycles. The van der Waals surface area contributed by atoms with Gasteiger partial charge >= 0.3 is 0 Å². The lowest BCUT2D eigenvalue weighted by Gasteiger charge is -2.12. The van der Waals surface area contributed by atoms with Crippen molar-refractivity contribution in [2.45, 2.75) is 0 Å². The Bertz CT molecular complexity index is 4240. The number of aromatic nitrogens is 7. The van der Waals surface area contributed by atoms with Crippen LogP contribution in [0.15, 0.2) is 237 Å². The van der Waals surface area contributed by atoms with Crippen molar-refractivity contribution < 1.29 is 0 Å². The topological polar surface area (TPSA) is 66.3 Å². The highest BCUT2D eigenvalue weighted by atomic mass is 15.0. The van der Waals surface area contributed by atoms with E-state index in [4.69, 9.17) is 19.9 Å². The van der Waals surface area contributed by atoms with Crippen molar-refractivity contribution in [3.8, 4) is 62.2 Å². The quantitative estimate of drug-likeness (QED) is 0.160. The second kappa shape index (κ2) is 15.6. The molecule has 0 radical (unpaired) electrons. The smallest absolute Gasteiger partial charge is 0.160 e. The minimum absolute atomic E-state index is 0.659. The van der Waals surface area contributed by atoms with Crippen molar-refractivity contribution in [3.63, 3.8) is 0 Å². The Morgan fingerprint density at radius 2 is 0.826 bits per heavy atom. The van der Waals surface area contributed by atoms with E-state index in [2.05, 4.69) is 177 Å². The number of fused-ring (bicyclic) bond motifs is 9. The number of benzene rings is 8. The van der Waals surface area contributed by atoms with E-state index in [1.54, 1.807) is 0 Å². The van der Waals surface area contributed by atoms with Gasteiger partial charge in [-0.2, -0.15) is 0 Å². The number of hydrogen-bond donors (Lipinski definition) is 0. The van der Waals surface area contributed by atoms with Crippen LogP contribution in [0, 0.1) is 0 Å². The molecule has 0 saturated carbocycles. The molecule has 0 aliphatic heterocycles. The van der Waals surface area contributed by atoms with E-state index in [1.807, 2.05) is 73.1 Å². The fourth-order valence-corrected chi connectivity index (χ4v) is 10.4. The molecular weight excluding hydrogens is 843 g/mol. The van der Waals surface area contributed by atoms with Crippen molar-refractivity contribution in [2.75, 3.05) is 0 Å². The third kappa shape index (κ3) is 6.29. The van der Waals surface area contributed by atoms with Crippen molar-refractivity contribution in [1.82, 2.24) is 33.6 Å². The minimum Gasteiger partial charge on any atom is -0.309 e. The molecule has 14 rings (SSSR count). The Morgan fingerprint density at radius 1 is 0.261 bits per heavy atom. The van der Waals surface area contributed by atoms with Crippen LogP contribution in [0.3, 0.4) is 0 Å². The number of hydrogen-bond acceptors (Lipinski definition) is 4. The lowest BCUT2D eigenvalue weighted by atomic mass is 10.0. The fourth-order valence-electron chi connectivity index (χ4n) is 10.4. The van der Waals surface area contributed by atoms with Gasteiger partial charge in [0.25, 0.3) is 0 Å². The third-order valence-electron chi connectivity index (χ3n) is 13.5. The standard InChI is InChI=1S/C62H39N7/c1-4-15-40(16-5-1)52-39-54(66-62(65-52)41-17-6-2-7-18-41)53-38-46(32-34-63-53)69-55-23-12-10-21-47(55)49-29-26-43(36-60(49)69)42-27-30-57-50(35-42)48-22-11-13-24-56(48)68(57)45-28-31-58-51(37-45)61-59(25-14-33-64-61)67(58)44-19-8-3-9-20-44/h1-39H.